The summed E-state index contributed by atoms with van der Waals surface area (Å²) in [5, 5.41) is 8.82. The number of nitrogens with one attached hydrogen (secondary N) is 2. The van der Waals surface area contributed by atoms with E-state index in [4.69, 9.17) is 0 Å². The Bertz CT molecular complexity index is 964. The molecule has 0 spiro atoms. The van der Waals surface area contributed by atoms with Crippen LogP contribution in [0.3, 0.4) is 0 Å². The third kappa shape index (κ3) is 5.06. The van der Waals surface area contributed by atoms with Crippen LogP contribution in [-0.4, -0.2) is 23.9 Å². The number of rotatable bonds is 6. The molecule has 0 bridgehead atoms. The highest BCUT2D eigenvalue weighted by Gasteiger charge is 2.16. The number of thioether (sulfide) groups is 1. The van der Waals surface area contributed by atoms with Crippen LogP contribution in [0.15, 0.2) is 58.1 Å². The molecule has 27 heavy (non-hydrogen) atoms. The molecule has 3 rings (SSSR count). The van der Waals surface area contributed by atoms with Crippen LogP contribution in [0.2, 0.25) is 0 Å². The first kappa shape index (κ1) is 19.3. The Morgan fingerprint density at radius 1 is 1.07 bits per heavy atom. The minimum absolute atomic E-state index is 0.0368. The van der Waals surface area contributed by atoms with E-state index in [1.165, 1.54) is 22.7 Å². The number of carbonyl (C=O) groups is 3. The zero-order chi connectivity index (χ0) is 19.2. The van der Waals surface area contributed by atoms with Crippen molar-refractivity contribution in [3.8, 4) is 0 Å². The monoisotopic (exact) mass is 416 g/mol. The number of thiophene rings is 2. The molecule has 0 atom stereocenters. The maximum absolute atomic E-state index is 12.3. The largest absolute Gasteiger partial charge is 0.343 e. The van der Waals surface area contributed by atoms with E-state index >= 15 is 0 Å². The Balaban J connectivity index is 1.54. The van der Waals surface area contributed by atoms with Crippen molar-refractivity contribution >= 4 is 57.7 Å². The van der Waals surface area contributed by atoms with Crippen LogP contribution < -0.4 is 10.6 Å². The summed E-state index contributed by atoms with van der Waals surface area (Å²) >= 11 is 4.33. The van der Waals surface area contributed by atoms with Crippen LogP contribution in [0, 0.1) is 0 Å². The van der Waals surface area contributed by atoms with Gasteiger partial charge in [-0.25, -0.2) is 0 Å². The van der Waals surface area contributed by atoms with E-state index in [9.17, 15) is 14.4 Å². The van der Waals surface area contributed by atoms with Crippen molar-refractivity contribution in [1.82, 2.24) is 5.32 Å². The average Bonchev–Trinajstić information content (AvgIpc) is 3.37. The first-order valence-corrected chi connectivity index (χ1v) is 10.9. The van der Waals surface area contributed by atoms with Gasteiger partial charge >= 0.3 is 11.8 Å². The van der Waals surface area contributed by atoms with E-state index < -0.39 is 11.8 Å². The van der Waals surface area contributed by atoms with Gasteiger partial charge in [-0.2, -0.15) is 11.3 Å². The van der Waals surface area contributed by atoms with Gasteiger partial charge in [0.05, 0.1) is 11.4 Å². The third-order valence-electron chi connectivity index (χ3n) is 3.63. The number of hydrogen-bond acceptors (Lipinski definition) is 6. The quantitative estimate of drug-likeness (QED) is 0.362. The summed E-state index contributed by atoms with van der Waals surface area (Å²) in [4.78, 5) is 38.7. The van der Waals surface area contributed by atoms with Crippen molar-refractivity contribution in [3.05, 3.63) is 68.5 Å². The number of benzene rings is 1. The Kier molecular flexibility index (Phi) is 6.44. The molecule has 0 saturated heterocycles. The fourth-order valence-electron chi connectivity index (χ4n) is 2.27. The third-order valence-corrected chi connectivity index (χ3v) is 6.12. The molecule has 5 nitrogen and oxygen atoms in total. The molecule has 0 saturated carbocycles. The number of anilines is 1. The van der Waals surface area contributed by atoms with Crippen LogP contribution in [0.25, 0.3) is 0 Å². The minimum Gasteiger partial charge on any atom is -0.343 e. The van der Waals surface area contributed by atoms with Gasteiger partial charge in [0.2, 0.25) is 5.78 Å². The second kappa shape index (κ2) is 8.98. The molecule has 0 aliphatic rings. The Hall–Kier alpha value is -2.42. The summed E-state index contributed by atoms with van der Waals surface area (Å²) in [6.07, 6.45) is 1.94. The first-order valence-electron chi connectivity index (χ1n) is 7.95. The van der Waals surface area contributed by atoms with E-state index in [-0.39, 0.29) is 12.3 Å². The molecule has 2 aromatic heterocycles. The van der Waals surface area contributed by atoms with Crippen molar-refractivity contribution in [2.24, 2.45) is 0 Å². The standard InChI is InChI=1S/C19H16N2O3S3/c1-25-14-4-2-3-13(9-14)21-19(24)18(23)20-10-15-5-6-16(27-15)17(22)12-7-8-26-11-12/h2-9,11H,10H2,1H3,(H,20,23)(H,21,24). The lowest BCUT2D eigenvalue weighted by atomic mass is 10.2. The maximum atomic E-state index is 12.3. The minimum atomic E-state index is -0.723. The SMILES string of the molecule is CSc1cccc(NC(=O)C(=O)NCc2ccc(C(=O)c3ccsc3)s2)c1. The topological polar surface area (TPSA) is 75.3 Å². The second-order valence-electron chi connectivity index (χ2n) is 5.48. The van der Waals surface area contributed by atoms with Gasteiger partial charge < -0.3 is 10.6 Å². The van der Waals surface area contributed by atoms with Crippen molar-refractivity contribution in [2.75, 3.05) is 11.6 Å². The van der Waals surface area contributed by atoms with Crippen LogP contribution in [0.5, 0.6) is 0 Å². The Morgan fingerprint density at radius 3 is 2.67 bits per heavy atom. The number of carbonyl (C=O) groups excluding carboxylic acids is 3. The maximum Gasteiger partial charge on any atom is 0.313 e. The summed E-state index contributed by atoms with van der Waals surface area (Å²) < 4.78 is 0. The van der Waals surface area contributed by atoms with Gasteiger partial charge in [0, 0.05) is 26.4 Å². The molecular weight excluding hydrogens is 400 g/mol. The molecule has 0 unspecified atom stereocenters. The lowest BCUT2D eigenvalue weighted by molar-refractivity contribution is -0.136. The van der Waals surface area contributed by atoms with E-state index in [1.54, 1.807) is 47.5 Å². The van der Waals surface area contributed by atoms with Crippen molar-refractivity contribution in [1.29, 1.82) is 0 Å². The second-order valence-corrected chi connectivity index (χ2v) is 8.30. The fourth-order valence-corrected chi connectivity index (χ4v) is 4.27. The van der Waals surface area contributed by atoms with Crippen molar-refractivity contribution in [2.45, 2.75) is 11.4 Å². The molecule has 3 aromatic rings. The van der Waals surface area contributed by atoms with Gasteiger partial charge in [-0.3, -0.25) is 14.4 Å². The molecule has 8 heteroatoms. The summed E-state index contributed by atoms with van der Waals surface area (Å²) in [5.74, 6) is -1.48. The molecule has 0 aliphatic heterocycles. The summed E-state index contributed by atoms with van der Waals surface area (Å²) in [6.45, 7) is 0.193. The number of hydrogen-bond donors (Lipinski definition) is 2. The zero-order valence-electron chi connectivity index (χ0n) is 14.4. The van der Waals surface area contributed by atoms with Crippen LogP contribution >= 0.6 is 34.4 Å². The van der Waals surface area contributed by atoms with Gasteiger partial charge in [-0.1, -0.05) is 6.07 Å². The van der Waals surface area contributed by atoms with Gasteiger partial charge in [0.25, 0.3) is 0 Å². The molecule has 2 heterocycles. The smallest absolute Gasteiger partial charge is 0.313 e. The van der Waals surface area contributed by atoms with Gasteiger partial charge in [0.1, 0.15) is 0 Å². The average molecular weight is 417 g/mol. The van der Waals surface area contributed by atoms with Crippen LogP contribution in [-0.2, 0) is 16.1 Å². The molecule has 138 valence electrons. The van der Waals surface area contributed by atoms with E-state index in [0.29, 0.717) is 16.1 Å². The highest BCUT2D eigenvalue weighted by molar-refractivity contribution is 7.98. The van der Waals surface area contributed by atoms with Crippen molar-refractivity contribution in [3.63, 3.8) is 0 Å². The fraction of sp³-hybridized carbons (Fsp3) is 0.105. The van der Waals surface area contributed by atoms with Gasteiger partial charge in [-0.05, 0) is 48.0 Å². The van der Waals surface area contributed by atoms with Gasteiger partial charge in [-0.15, -0.1) is 23.1 Å². The molecule has 0 fully saturated rings. The normalized spacial score (nSPS) is 10.4. The van der Waals surface area contributed by atoms with Crippen LogP contribution in [0.4, 0.5) is 5.69 Å². The lowest BCUT2D eigenvalue weighted by Crippen LogP contribution is -2.34. The molecule has 2 N–H and O–H groups in total. The van der Waals surface area contributed by atoms with Crippen LogP contribution in [0.1, 0.15) is 20.1 Å². The highest BCUT2D eigenvalue weighted by Crippen LogP contribution is 2.21. The van der Waals surface area contributed by atoms with Gasteiger partial charge in [0.15, 0.2) is 0 Å². The van der Waals surface area contributed by atoms with E-state index in [1.807, 2.05) is 23.8 Å². The Morgan fingerprint density at radius 2 is 1.93 bits per heavy atom. The summed E-state index contributed by atoms with van der Waals surface area (Å²) in [7, 11) is 0. The predicted molar refractivity (Wildman–Crippen MR) is 111 cm³/mol. The van der Waals surface area contributed by atoms with E-state index in [2.05, 4.69) is 10.6 Å². The predicted octanol–water partition coefficient (Wildman–Crippen LogP) is 4.02. The number of ketones is 1. The summed E-state index contributed by atoms with van der Waals surface area (Å²) in [6, 6.07) is 12.6. The van der Waals surface area contributed by atoms with Crippen molar-refractivity contribution < 1.29 is 14.4 Å². The molecule has 1 aromatic carbocycles. The molecular formula is C19H16N2O3S3. The lowest BCUT2D eigenvalue weighted by Gasteiger charge is -2.06. The molecule has 0 radical (unpaired) electrons. The van der Waals surface area contributed by atoms with E-state index in [0.717, 1.165) is 9.77 Å². The first-order chi connectivity index (χ1) is 13.1. The zero-order valence-corrected chi connectivity index (χ0v) is 16.8. The molecule has 2 amide bonds. The highest BCUT2D eigenvalue weighted by atomic mass is 32.2. The summed E-state index contributed by atoms with van der Waals surface area (Å²) in [5.41, 5.74) is 1.23. The molecule has 0 aliphatic carbocycles. The number of amides is 2. The Labute approximate surface area is 168 Å².